The molecule has 0 saturated carbocycles. The van der Waals surface area contributed by atoms with Gasteiger partial charge in [-0.2, -0.15) is 10.1 Å². The Labute approximate surface area is 209 Å². The first-order valence-corrected chi connectivity index (χ1v) is 13.0. The number of carbonyl (C=O) groups is 1. The minimum Gasteiger partial charge on any atom is -0.497 e. The number of anilines is 1. The van der Waals surface area contributed by atoms with Gasteiger partial charge in [0.15, 0.2) is 10.8 Å². The summed E-state index contributed by atoms with van der Waals surface area (Å²) in [5.74, 6) is 0.893. The molecule has 3 heterocycles. The second kappa shape index (κ2) is 10.1. The standard InChI is InChI=1S/C27H31N5O2S/c1-4-19-7-9-20(10-8-19)16-28-26(33)21-6-5-15-31(17-21)27-29-25-24(35-27)18(2)30-32(25)22-11-13-23(34-3)14-12-22/h7-14,21H,4-6,15-17H2,1-3H3,(H,28,33)/t21-/m1/s1. The Bertz CT molecular complexity index is 1310. The number of ether oxygens (including phenoxy) is 1. The number of nitrogens with zero attached hydrogens (tertiary/aromatic N) is 4. The van der Waals surface area contributed by atoms with Crippen molar-refractivity contribution < 1.29 is 9.53 Å². The van der Waals surface area contributed by atoms with Gasteiger partial charge in [0, 0.05) is 19.6 Å². The van der Waals surface area contributed by atoms with E-state index in [9.17, 15) is 4.79 Å². The van der Waals surface area contributed by atoms with Crippen LogP contribution in [0, 0.1) is 12.8 Å². The zero-order valence-corrected chi connectivity index (χ0v) is 21.3. The Balaban J connectivity index is 1.29. The summed E-state index contributed by atoms with van der Waals surface area (Å²) in [4.78, 5) is 20.2. The normalized spacial score (nSPS) is 16.0. The van der Waals surface area contributed by atoms with E-state index >= 15 is 0 Å². The second-order valence-electron chi connectivity index (χ2n) is 9.02. The first-order chi connectivity index (χ1) is 17.1. The SMILES string of the molecule is CCc1ccc(CNC(=O)[C@@H]2CCCN(c3nc4c(s3)c(C)nn4-c3ccc(OC)cc3)C2)cc1. The van der Waals surface area contributed by atoms with Crippen molar-refractivity contribution in [3.8, 4) is 11.4 Å². The molecule has 0 spiro atoms. The van der Waals surface area contributed by atoms with Gasteiger partial charge in [-0.1, -0.05) is 42.5 Å². The summed E-state index contributed by atoms with van der Waals surface area (Å²) in [7, 11) is 1.66. The smallest absolute Gasteiger partial charge is 0.225 e. The summed E-state index contributed by atoms with van der Waals surface area (Å²) in [6, 6.07) is 16.3. The van der Waals surface area contributed by atoms with Gasteiger partial charge in [0.2, 0.25) is 5.91 Å². The number of aryl methyl sites for hydroxylation is 2. The average Bonchev–Trinajstić information content (AvgIpc) is 3.48. The molecule has 2 aromatic heterocycles. The molecule has 4 aromatic rings. The van der Waals surface area contributed by atoms with Crippen LogP contribution in [0.3, 0.4) is 0 Å². The number of hydrogen-bond acceptors (Lipinski definition) is 6. The molecule has 7 nitrogen and oxygen atoms in total. The van der Waals surface area contributed by atoms with Crippen LogP contribution in [0.25, 0.3) is 16.0 Å². The maximum Gasteiger partial charge on any atom is 0.225 e. The fourth-order valence-corrected chi connectivity index (χ4v) is 5.57. The minimum atomic E-state index is -0.0372. The highest BCUT2D eigenvalue weighted by Crippen LogP contribution is 2.34. The molecule has 182 valence electrons. The molecule has 1 saturated heterocycles. The Kier molecular flexibility index (Phi) is 6.72. The van der Waals surface area contributed by atoms with Gasteiger partial charge in [0.1, 0.15) is 5.75 Å². The number of rotatable bonds is 7. The number of methoxy groups -OCH3 is 1. The lowest BCUT2D eigenvalue weighted by Gasteiger charge is -2.31. The van der Waals surface area contributed by atoms with Gasteiger partial charge in [-0.25, -0.2) is 4.68 Å². The molecule has 0 unspecified atom stereocenters. The minimum absolute atomic E-state index is 0.0372. The number of thiazole rings is 1. The predicted molar refractivity (Wildman–Crippen MR) is 141 cm³/mol. The number of benzene rings is 2. The Morgan fingerprint density at radius 1 is 1.14 bits per heavy atom. The summed E-state index contributed by atoms with van der Waals surface area (Å²) in [6.07, 6.45) is 2.90. The summed E-state index contributed by atoms with van der Waals surface area (Å²) in [5, 5.41) is 8.81. The number of hydrogen-bond donors (Lipinski definition) is 1. The van der Waals surface area contributed by atoms with Crippen molar-refractivity contribution in [2.75, 3.05) is 25.1 Å². The third-order valence-corrected chi connectivity index (χ3v) is 7.87. The van der Waals surface area contributed by atoms with E-state index in [2.05, 4.69) is 41.4 Å². The highest BCUT2D eigenvalue weighted by molar-refractivity contribution is 7.22. The number of carbonyl (C=O) groups excluding carboxylic acids is 1. The van der Waals surface area contributed by atoms with Crippen molar-refractivity contribution in [1.82, 2.24) is 20.1 Å². The molecule has 2 aromatic carbocycles. The van der Waals surface area contributed by atoms with Crippen molar-refractivity contribution in [1.29, 1.82) is 0 Å². The Morgan fingerprint density at radius 2 is 1.89 bits per heavy atom. The van der Waals surface area contributed by atoms with Crippen LogP contribution in [0.5, 0.6) is 5.75 Å². The average molecular weight is 490 g/mol. The monoisotopic (exact) mass is 489 g/mol. The molecule has 8 heteroatoms. The van der Waals surface area contributed by atoms with Gasteiger partial charge >= 0.3 is 0 Å². The van der Waals surface area contributed by atoms with Gasteiger partial charge in [0.25, 0.3) is 0 Å². The second-order valence-corrected chi connectivity index (χ2v) is 9.99. The molecule has 1 aliphatic heterocycles. The third kappa shape index (κ3) is 4.89. The summed E-state index contributed by atoms with van der Waals surface area (Å²) >= 11 is 1.66. The molecule has 1 aliphatic rings. The summed E-state index contributed by atoms with van der Waals surface area (Å²) in [5.41, 5.74) is 5.20. The topological polar surface area (TPSA) is 72.3 Å². The number of fused-ring (bicyclic) bond motifs is 1. The molecule has 0 aliphatic carbocycles. The van der Waals surface area contributed by atoms with Crippen LogP contribution in [0.15, 0.2) is 48.5 Å². The highest BCUT2D eigenvalue weighted by atomic mass is 32.1. The van der Waals surface area contributed by atoms with Crippen LogP contribution in [0.2, 0.25) is 0 Å². The van der Waals surface area contributed by atoms with Crippen LogP contribution in [-0.4, -0.2) is 40.9 Å². The number of piperidine rings is 1. The predicted octanol–water partition coefficient (Wildman–Crippen LogP) is 4.89. The number of amides is 1. The maximum absolute atomic E-state index is 13.0. The molecule has 5 rings (SSSR count). The van der Waals surface area contributed by atoms with E-state index in [1.807, 2.05) is 35.9 Å². The number of nitrogens with one attached hydrogen (secondary N) is 1. The lowest BCUT2D eigenvalue weighted by Crippen LogP contribution is -2.43. The lowest BCUT2D eigenvalue weighted by atomic mass is 9.97. The molecule has 1 fully saturated rings. The molecular formula is C27H31N5O2S. The first-order valence-electron chi connectivity index (χ1n) is 12.2. The quantitative estimate of drug-likeness (QED) is 0.400. The number of aromatic nitrogens is 3. The van der Waals surface area contributed by atoms with Gasteiger partial charge < -0.3 is 15.0 Å². The first kappa shape index (κ1) is 23.4. The molecular weight excluding hydrogens is 458 g/mol. The fourth-order valence-electron chi connectivity index (χ4n) is 4.55. The fraction of sp³-hybridized carbons (Fsp3) is 0.370. The van der Waals surface area contributed by atoms with Gasteiger partial charge in [0.05, 0.1) is 29.1 Å². The van der Waals surface area contributed by atoms with Crippen molar-refractivity contribution >= 4 is 32.7 Å². The van der Waals surface area contributed by atoms with Crippen molar-refractivity contribution in [2.45, 2.75) is 39.7 Å². The molecule has 0 radical (unpaired) electrons. The zero-order chi connectivity index (χ0) is 24.4. The maximum atomic E-state index is 13.0. The van der Waals surface area contributed by atoms with Crippen LogP contribution in [-0.2, 0) is 17.8 Å². The molecule has 35 heavy (non-hydrogen) atoms. The van der Waals surface area contributed by atoms with Crippen LogP contribution >= 0.6 is 11.3 Å². The Hall–Kier alpha value is -3.39. The molecule has 1 atom stereocenters. The summed E-state index contributed by atoms with van der Waals surface area (Å²) < 4.78 is 8.25. The van der Waals surface area contributed by atoms with Crippen LogP contribution < -0.4 is 15.0 Å². The van der Waals surface area contributed by atoms with Gasteiger partial charge in [-0.15, -0.1) is 0 Å². The van der Waals surface area contributed by atoms with E-state index in [1.54, 1.807) is 18.4 Å². The van der Waals surface area contributed by atoms with E-state index < -0.39 is 0 Å². The van der Waals surface area contributed by atoms with Crippen molar-refractivity contribution in [3.63, 3.8) is 0 Å². The van der Waals surface area contributed by atoms with E-state index in [-0.39, 0.29) is 11.8 Å². The van der Waals surface area contributed by atoms with Crippen LogP contribution in [0.4, 0.5) is 5.13 Å². The lowest BCUT2D eigenvalue weighted by molar-refractivity contribution is -0.125. The molecule has 0 bridgehead atoms. The van der Waals surface area contributed by atoms with E-state index in [1.165, 1.54) is 5.56 Å². The van der Waals surface area contributed by atoms with Gasteiger partial charge in [-0.3, -0.25) is 4.79 Å². The van der Waals surface area contributed by atoms with Crippen LogP contribution in [0.1, 0.15) is 36.6 Å². The van der Waals surface area contributed by atoms with Crippen molar-refractivity contribution in [3.05, 3.63) is 65.4 Å². The Morgan fingerprint density at radius 3 is 2.60 bits per heavy atom. The molecule has 1 amide bonds. The molecule has 1 N–H and O–H groups in total. The largest absolute Gasteiger partial charge is 0.497 e. The zero-order valence-electron chi connectivity index (χ0n) is 20.5. The highest BCUT2D eigenvalue weighted by Gasteiger charge is 2.28. The van der Waals surface area contributed by atoms with Crippen molar-refractivity contribution in [2.24, 2.45) is 5.92 Å². The van der Waals surface area contributed by atoms with Gasteiger partial charge in [-0.05, 0) is 61.6 Å². The summed E-state index contributed by atoms with van der Waals surface area (Å²) in [6.45, 7) is 6.33. The van der Waals surface area contributed by atoms with E-state index in [0.29, 0.717) is 13.1 Å². The van der Waals surface area contributed by atoms with E-state index in [0.717, 1.165) is 64.0 Å². The third-order valence-electron chi connectivity index (χ3n) is 6.65. The van der Waals surface area contributed by atoms with E-state index in [4.69, 9.17) is 14.8 Å².